The fraction of sp³-hybridized carbons (Fsp3) is 0.278. The van der Waals surface area contributed by atoms with Crippen molar-refractivity contribution in [2.45, 2.75) is 25.8 Å². The van der Waals surface area contributed by atoms with Crippen LogP contribution in [0.15, 0.2) is 41.2 Å². The molecule has 6 heteroatoms. The Labute approximate surface area is 148 Å². The molecule has 3 aromatic heterocycles. The third-order valence-corrected chi connectivity index (χ3v) is 5.99. The minimum atomic E-state index is -0.116. The quantitative estimate of drug-likeness (QED) is 0.735. The number of nitrogens with zero attached hydrogens (tertiary/aromatic N) is 2. The summed E-state index contributed by atoms with van der Waals surface area (Å²) in [5.41, 5.74) is 2.59. The standard InChI is InChI=1S/C18H17N3OS2/c1-11-6-7-19-13(9-11)16(12-4-5-12)21-17(22)14-10-24-18(20-14)15-3-2-8-23-15/h2-3,6-10,12,16H,4-5H2,1H3,(H,21,22)/t16-/m1/s1. The molecule has 1 aliphatic rings. The maximum Gasteiger partial charge on any atom is 0.271 e. The molecule has 4 rings (SSSR count). The summed E-state index contributed by atoms with van der Waals surface area (Å²) >= 11 is 3.14. The lowest BCUT2D eigenvalue weighted by molar-refractivity contribution is 0.0926. The van der Waals surface area contributed by atoms with Gasteiger partial charge in [0.1, 0.15) is 10.7 Å². The van der Waals surface area contributed by atoms with E-state index in [1.54, 1.807) is 11.3 Å². The molecule has 0 unspecified atom stereocenters. The third kappa shape index (κ3) is 3.25. The number of hydrogen-bond donors (Lipinski definition) is 1. The zero-order valence-electron chi connectivity index (χ0n) is 13.2. The fourth-order valence-electron chi connectivity index (χ4n) is 2.70. The number of carbonyl (C=O) groups excluding carboxylic acids is 1. The van der Waals surface area contributed by atoms with Gasteiger partial charge in [0, 0.05) is 11.6 Å². The van der Waals surface area contributed by atoms with E-state index in [1.165, 1.54) is 11.3 Å². The van der Waals surface area contributed by atoms with Crippen molar-refractivity contribution in [2.24, 2.45) is 5.92 Å². The van der Waals surface area contributed by atoms with E-state index in [2.05, 4.69) is 21.4 Å². The van der Waals surface area contributed by atoms with Gasteiger partial charge in [-0.15, -0.1) is 22.7 Å². The number of nitrogens with one attached hydrogen (secondary N) is 1. The lowest BCUT2D eigenvalue weighted by Gasteiger charge is -2.17. The van der Waals surface area contributed by atoms with E-state index < -0.39 is 0 Å². The molecule has 4 nitrogen and oxygen atoms in total. The summed E-state index contributed by atoms with van der Waals surface area (Å²) in [6, 6.07) is 8.02. The highest BCUT2D eigenvalue weighted by molar-refractivity contribution is 7.20. The van der Waals surface area contributed by atoms with Gasteiger partial charge in [-0.3, -0.25) is 9.78 Å². The second-order valence-corrected chi connectivity index (χ2v) is 7.87. The molecule has 1 saturated carbocycles. The molecular formula is C18H17N3OS2. The molecule has 0 spiro atoms. The highest BCUT2D eigenvalue weighted by atomic mass is 32.1. The molecule has 122 valence electrons. The van der Waals surface area contributed by atoms with Crippen LogP contribution in [0.3, 0.4) is 0 Å². The van der Waals surface area contributed by atoms with Gasteiger partial charge in [0.05, 0.1) is 16.6 Å². The van der Waals surface area contributed by atoms with E-state index >= 15 is 0 Å². The minimum absolute atomic E-state index is 0.0238. The van der Waals surface area contributed by atoms with Gasteiger partial charge in [-0.2, -0.15) is 0 Å². The van der Waals surface area contributed by atoms with E-state index in [-0.39, 0.29) is 11.9 Å². The van der Waals surface area contributed by atoms with Crippen LogP contribution in [0.1, 0.15) is 40.6 Å². The molecule has 0 radical (unpaired) electrons. The van der Waals surface area contributed by atoms with Gasteiger partial charge in [0.15, 0.2) is 0 Å². The fourth-order valence-corrected chi connectivity index (χ4v) is 4.31. The van der Waals surface area contributed by atoms with Crippen LogP contribution in [0.4, 0.5) is 0 Å². The summed E-state index contributed by atoms with van der Waals surface area (Å²) in [5, 5.41) is 7.89. The Morgan fingerprint density at radius 1 is 1.33 bits per heavy atom. The maximum absolute atomic E-state index is 12.6. The van der Waals surface area contributed by atoms with Crippen LogP contribution in [-0.2, 0) is 0 Å². The summed E-state index contributed by atoms with van der Waals surface area (Å²) < 4.78 is 0. The predicted molar refractivity (Wildman–Crippen MR) is 97.3 cm³/mol. The van der Waals surface area contributed by atoms with Crippen LogP contribution in [-0.4, -0.2) is 15.9 Å². The first-order chi connectivity index (χ1) is 11.7. The first-order valence-corrected chi connectivity index (χ1v) is 9.69. The van der Waals surface area contributed by atoms with E-state index in [9.17, 15) is 4.79 Å². The number of aromatic nitrogens is 2. The largest absolute Gasteiger partial charge is 0.342 e. The number of carbonyl (C=O) groups is 1. The van der Waals surface area contributed by atoms with Crippen LogP contribution >= 0.6 is 22.7 Å². The average Bonchev–Trinajstić information content (AvgIpc) is 3.08. The van der Waals surface area contributed by atoms with E-state index in [1.807, 2.05) is 42.1 Å². The van der Waals surface area contributed by atoms with Crippen molar-refractivity contribution >= 4 is 28.6 Å². The van der Waals surface area contributed by atoms with Crippen molar-refractivity contribution < 1.29 is 4.79 Å². The Hall–Kier alpha value is -2.05. The number of thiazole rings is 1. The Morgan fingerprint density at radius 3 is 2.92 bits per heavy atom. The number of amides is 1. The molecule has 0 saturated heterocycles. The van der Waals surface area contributed by atoms with Crippen molar-refractivity contribution in [1.82, 2.24) is 15.3 Å². The first-order valence-electron chi connectivity index (χ1n) is 7.93. The number of hydrogen-bond acceptors (Lipinski definition) is 5. The zero-order chi connectivity index (χ0) is 16.5. The lowest BCUT2D eigenvalue weighted by Crippen LogP contribution is -2.30. The van der Waals surface area contributed by atoms with E-state index in [0.717, 1.165) is 34.0 Å². The average molecular weight is 355 g/mol. The number of thiophene rings is 1. The maximum atomic E-state index is 12.6. The van der Waals surface area contributed by atoms with Crippen molar-refractivity contribution in [3.63, 3.8) is 0 Å². The highest BCUT2D eigenvalue weighted by Gasteiger charge is 2.34. The molecule has 1 N–H and O–H groups in total. The van der Waals surface area contributed by atoms with Crippen LogP contribution in [0, 0.1) is 12.8 Å². The van der Waals surface area contributed by atoms with Gasteiger partial charge in [-0.1, -0.05) is 6.07 Å². The van der Waals surface area contributed by atoms with Gasteiger partial charge in [-0.25, -0.2) is 4.98 Å². The Kier molecular flexibility index (Phi) is 4.16. The van der Waals surface area contributed by atoms with Gasteiger partial charge in [0.2, 0.25) is 0 Å². The molecule has 3 aromatic rings. The molecule has 1 amide bonds. The van der Waals surface area contributed by atoms with Gasteiger partial charge < -0.3 is 5.32 Å². The molecule has 3 heterocycles. The summed E-state index contributed by atoms with van der Waals surface area (Å²) in [6.45, 7) is 2.05. The van der Waals surface area contributed by atoms with Crippen molar-refractivity contribution in [3.05, 3.63) is 58.2 Å². The Balaban J connectivity index is 1.53. The van der Waals surface area contributed by atoms with Crippen molar-refractivity contribution in [1.29, 1.82) is 0 Å². The smallest absolute Gasteiger partial charge is 0.271 e. The van der Waals surface area contributed by atoms with E-state index in [4.69, 9.17) is 0 Å². The highest BCUT2D eigenvalue weighted by Crippen LogP contribution is 2.40. The van der Waals surface area contributed by atoms with Gasteiger partial charge in [-0.05, 0) is 54.8 Å². The van der Waals surface area contributed by atoms with Crippen LogP contribution in [0.5, 0.6) is 0 Å². The molecule has 1 atom stereocenters. The molecule has 1 aliphatic carbocycles. The van der Waals surface area contributed by atoms with Crippen LogP contribution < -0.4 is 5.32 Å². The molecule has 24 heavy (non-hydrogen) atoms. The molecule has 0 bridgehead atoms. The Morgan fingerprint density at radius 2 is 2.21 bits per heavy atom. The normalized spacial score (nSPS) is 15.2. The zero-order valence-corrected chi connectivity index (χ0v) is 14.9. The number of rotatable bonds is 5. The molecule has 0 aliphatic heterocycles. The predicted octanol–water partition coefficient (Wildman–Crippen LogP) is 4.46. The lowest BCUT2D eigenvalue weighted by atomic mass is 10.1. The number of aryl methyl sites for hydroxylation is 1. The summed E-state index contributed by atoms with van der Waals surface area (Å²) in [5.74, 6) is 0.368. The second-order valence-electron chi connectivity index (χ2n) is 6.06. The van der Waals surface area contributed by atoms with Crippen molar-refractivity contribution in [3.8, 4) is 9.88 Å². The SMILES string of the molecule is Cc1ccnc([C@H](NC(=O)c2csc(-c3cccs3)n2)C2CC2)c1. The summed E-state index contributed by atoms with van der Waals surface area (Å²) in [7, 11) is 0. The first kappa shape index (κ1) is 15.5. The van der Waals surface area contributed by atoms with Gasteiger partial charge >= 0.3 is 0 Å². The second kappa shape index (κ2) is 6.45. The van der Waals surface area contributed by atoms with Crippen LogP contribution in [0.2, 0.25) is 0 Å². The van der Waals surface area contributed by atoms with Crippen LogP contribution in [0.25, 0.3) is 9.88 Å². The number of pyridine rings is 1. The van der Waals surface area contributed by atoms with Crippen molar-refractivity contribution in [2.75, 3.05) is 0 Å². The van der Waals surface area contributed by atoms with Gasteiger partial charge in [0.25, 0.3) is 5.91 Å². The molecule has 0 aromatic carbocycles. The third-order valence-electron chi connectivity index (χ3n) is 4.10. The summed E-state index contributed by atoms with van der Waals surface area (Å²) in [6.07, 6.45) is 4.08. The molecular weight excluding hydrogens is 338 g/mol. The molecule has 1 fully saturated rings. The summed E-state index contributed by atoms with van der Waals surface area (Å²) in [4.78, 5) is 22.7. The minimum Gasteiger partial charge on any atom is -0.342 e. The Bertz CT molecular complexity index is 853. The topological polar surface area (TPSA) is 54.9 Å². The monoisotopic (exact) mass is 355 g/mol. The van der Waals surface area contributed by atoms with E-state index in [0.29, 0.717) is 11.6 Å².